The summed E-state index contributed by atoms with van der Waals surface area (Å²) in [6.45, 7) is 0. The minimum Gasteiger partial charge on any atom is -0.294 e. The SMILES string of the molecule is O=C(CCC(=O)c1ccc2[nH]ncc2c1)c1cccnc1. The molecule has 5 nitrogen and oxygen atoms in total. The van der Waals surface area contributed by atoms with Crippen LogP contribution in [-0.2, 0) is 0 Å². The molecule has 0 radical (unpaired) electrons. The molecule has 2 heterocycles. The van der Waals surface area contributed by atoms with Crippen molar-refractivity contribution in [1.29, 1.82) is 0 Å². The Kier molecular flexibility index (Phi) is 3.55. The average molecular weight is 279 g/mol. The van der Waals surface area contributed by atoms with E-state index in [-0.39, 0.29) is 24.4 Å². The van der Waals surface area contributed by atoms with Crippen molar-refractivity contribution in [3.63, 3.8) is 0 Å². The molecule has 0 aliphatic heterocycles. The minimum absolute atomic E-state index is 0.0460. The number of H-pyrrole nitrogens is 1. The van der Waals surface area contributed by atoms with Gasteiger partial charge in [0, 0.05) is 41.7 Å². The number of benzene rings is 1. The number of hydrogen-bond donors (Lipinski definition) is 1. The molecule has 5 heteroatoms. The van der Waals surface area contributed by atoms with Gasteiger partial charge in [-0.15, -0.1) is 0 Å². The Morgan fingerprint density at radius 2 is 1.81 bits per heavy atom. The van der Waals surface area contributed by atoms with Crippen LogP contribution in [0.15, 0.2) is 48.9 Å². The van der Waals surface area contributed by atoms with Crippen LogP contribution in [0.2, 0.25) is 0 Å². The lowest BCUT2D eigenvalue weighted by Crippen LogP contribution is -2.05. The van der Waals surface area contributed by atoms with Crippen molar-refractivity contribution in [3.8, 4) is 0 Å². The monoisotopic (exact) mass is 279 g/mol. The maximum Gasteiger partial charge on any atom is 0.164 e. The molecule has 21 heavy (non-hydrogen) atoms. The molecule has 0 amide bonds. The summed E-state index contributed by atoms with van der Waals surface area (Å²) >= 11 is 0. The second-order valence-corrected chi connectivity index (χ2v) is 4.76. The number of ketones is 2. The van der Waals surface area contributed by atoms with Crippen molar-refractivity contribution in [2.24, 2.45) is 0 Å². The number of nitrogens with zero attached hydrogens (tertiary/aromatic N) is 2. The molecule has 3 rings (SSSR count). The molecule has 0 spiro atoms. The molecule has 104 valence electrons. The first-order valence-corrected chi connectivity index (χ1v) is 6.63. The van der Waals surface area contributed by atoms with Gasteiger partial charge in [-0.1, -0.05) is 0 Å². The van der Waals surface area contributed by atoms with Crippen molar-refractivity contribution >= 4 is 22.5 Å². The first kappa shape index (κ1) is 13.2. The minimum atomic E-state index is -0.0687. The van der Waals surface area contributed by atoms with Gasteiger partial charge >= 0.3 is 0 Å². The third kappa shape index (κ3) is 2.86. The largest absolute Gasteiger partial charge is 0.294 e. The number of aromatic amines is 1. The van der Waals surface area contributed by atoms with Crippen LogP contribution in [0.1, 0.15) is 33.6 Å². The van der Waals surface area contributed by atoms with Gasteiger partial charge in [0.1, 0.15) is 0 Å². The third-order valence-electron chi connectivity index (χ3n) is 3.32. The number of nitrogens with one attached hydrogen (secondary N) is 1. The molecule has 1 aromatic carbocycles. The lowest BCUT2D eigenvalue weighted by atomic mass is 10.0. The number of aromatic nitrogens is 3. The lowest BCUT2D eigenvalue weighted by Gasteiger charge is -2.02. The summed E-state index contributed by atoms with van der Waals surface area (Å²) in [7, 11) is 0. The lowest BCUT2D eigenvalue weighted by molar-refractivity contribution is 0.0917. The smallest absolute Gasteiger partial charge is 0.164 e. The highest BCUT2D eigenvalue weighted by Gasteiger charge is 2.11. The van der Waals surface area contributed by atoms with Crippen molar-refractivity contribution in [2.45, 2.75) is 12.8 Å². The quantitative estimate of drug-likeness (QED) is 0.729. The Morgan fingerprint density at radius 1 is 1.00 bits per heavy atom. The first-order chi connectivity index (χ1) is 10.2. The number of carbonyl (C=O) groups excluding carboxylic acids is 2. The van der Waals surface area contributed by atoms with Gasteiger partial charge in [-0.05, 0) is 30.3 Å². The van der Waals surface area contributed by atoms with Crippen molar-refractivity contribution in [2.75, 3.05) is 0 Å². The summed E-state index contributed by atoms with van der Waals surface area (Å²) in [5.41, 5.74) is 2.02. The molecule has 0 aliphatic rings. The van der Waals surface area contributed by atoms with Crippen LogP contribution >= 0.6 is 0 Å². The zero-order chi connectivity index (χ0) is 14.7. The Hall–Kier alpha value is -2.82. The van der Waals surface area contributed by atoms with Crippen LogP contribution in [0.3, 0.4) is 0 Å². The molecule has 0 saturated heterocycles. The summed E-state index contributed by atoms with van der Waals surface area (Å²) in [4.78, 5) is 28.0. The molecular weight excluding hydrogens is 266 g/mol. The Balaban J connectivity index is 1.67. The Bertz CT molecular complexity index is 793. The third-order valence-corrected chi connectivity index (χ3v) is 3.32. The molecular formula is C16H13N3O2. The van der Waals surface area contributed by atoms with Crippen LogP contribution in [0.25, 0.3) is 10.9 Å². The van der Waals surface area contributed by atoms with Gasteiger partial charge in [-0.25, -0.2) is 0 Å². The topological polar surface area (TPSA) is 75.7 Å². The van der Waals surface area contributed by atoms with Crippen molar-refractivity contribution < 1.29 is 9.59 Å². The van der Waals surface area contributed by atoms with Gasteiger partial charge in [0.25, 0.3) is 0 Å². The molecule has 0 fully saturated rings. The number of rotatable bonds is 5. The average Bonchev–Trinajstić information content (AvgIpc) is 3.00. The molecule has 0 saturated carbocycles. The molecule has 3 aromatic rings. The number of carbonyl (C=O) groups is 2. The standard InChI is InChI=1S/C16H13N3O2/c20-15(5-6-16(21)12-2-1-7-17-9-12)11-3-4-14-13(8-11)10-18-19-14/h1-4,7-10H,5-6H2,(H,18,19). The van der Waals surface area contributed by atoms with Crippen molar-refractivity contribution in [3.05, 3.63) is 60.0 Å². The summed E-state index contributed by atoms with van der Waals surface area (Å²) < 4.78 is 0. The van der Waals surface area contributed by atoms with Gasteiger partial charge in [-0.2, -0.15) is 5.10 Å². The Morgan fingerprint density at radius 3 is 2.57 bits per heavy atom. The molecule has 0 aliphatic carbocycles. The van der Waals surface area contributed by atoms with E-state index in [1.165, 1.54) is 6.20 Å². The summed E-state index contributed by atoms with van der Waals surface area (Å²) in [6.07, 6.45) is 5.18. The number of Topliss-reactive ketones (excluding diaryl/α,β-unsaturated/α-hetero) is 2. The predicted molar refractivity (Wildman–Crippen MR) is 78.2 cm³/mol. The fraction of sp³-hybridized carbons (Fsp3) is 0.125. The zero-order valence-electron chi connectivity index (χ0n) is 11.2. The Labute approximate surface area is 121 Å². The second kappa shape index (κ2) is 5.66. The molecule has 0 atom stereocenters. The van der Waals surface area contributed by atoms with Gasteiger partial charge < -0.3 is 0 Å². The van der Waals surface area contributed by atoms with E-state index in [9.17, 15) is 9.59 Å². The van der Waals surface area contributed by atoms with E-state index in [2.05, 4.69) is 15.2 Å². The molecule has 2 aromatic heterocycles. The maximum atomic E-state index is 12.1. The van der Waals surface area contributed by atoms with E-state index in [0.717, 1.165) is 10.9 Å². The summed E-state index contributed by atoms with van der Waals surface area (Å²) in [5.74, 6) is -0.115. The van der Waals surface area contributed by atoms with Gasteiger partial charge in [-0.3, -0.25) is 19.7 Å². The van der Waals surface area contributed by atoms with E-state index >= 15 is 0 Å². The van der Waals surface area contributed by atoms with Gasteiger partial charge in [0.15, 0.2) is 11.6 Å². The van der Waals surface area contributed by atoms with Crippen LogP contribution in [0, 0.1) is 0 Å². The predicted octanol–water partition coefficient (Wildman–Crippen LogP) is 2.80. The van der Waals surface area contributed by atoms with E-state index in [1.807, 2.05) is 6.07 Å². The number of hydrogen-bond acceptors (Lipinski definition) is 4. The van der Waals surface area contributed by atoms with E-state index in [0.29, 0.717) is 11.1 Å². The zero-order valence-corrected chi connectivity index (χ0v) is 11.2. The first-order valence-electron chi connectivity index (χ1n) is 6.63. The number of fused-ring (bicyclic) bond motifs is 1. The van der Waals surface area contributed by atoms with Crippen LogP contribution in [-0.4, -0.2) is 26.7 Å². The van der Waals surface area contributed by atoms with E-state index in [1.54, 1.807) is 36.7 Å². The highest BCUT2D eigenvalue weighted by Crippen LogP contribution is 2.15. The fourth-order valence-electron chi connectivity index (χ4n) is 2.16. The van der Waals surface area contributed by atoms with Crippen LogP contribution in [0.4, 0.5) is 0 Å². The van der Waals surface area contributed by atoms with Gasteiger partial charge in [0.05, 0.1) is 11.7 Å². The normalized spacial score (nSPS) is 10.7. The van der Waals surface area contributed by atoms with Crippen molar-refractivity contribution in [1.82, 2.24) is 15.2 Å². The van der Waals surface area contributed by atoms with Gasteiger partial charge in [0.2, 0.25) is 0 Å². The molecule has 1 N–H and O–H groups in total. The van der Waals surface area contributed by atoms with E-state index < -0.39 is 0 Å². The summed E-state index contributed by atoms with van der Waals surface area (Å²) in [5, 5.41) is 7.64. The molecule has 0 bridgehead atoms. The second-order valence-electron chi connectivity index (χ2n) is 4.76. The maximum absolute atomic E-state index is 12.1. The highest BCUT2D eigenvalue weighted by atomic mass is 16.1. The molecule has 0 unspecified atom stereocenters. The van der Waals surface area contributed by atoms with Crippen LogP contribution in [0.5, 0.6) is 0 Å². The summed E-state index contributed by atoms with van der Waals surface area (Å²) in [6, 6.07) is 8.77. The fourth-order valence-corrected chi connectivity index (χ4v) is 2.16. The number of pyridine rings is 1. The van der Waals surface area contributed by atoms with E-state index in [4.69, 9.17) is 0 Å². The highest BCUT2D eigenvalue weighted by molar-refractivity contribution is 6.03. The van der Waals surface area contributed by atoms with Crippen LogP contribution < -0.4 is 0 Å².